The zero-order valence-electron chi connectivity index (χ0n) is 13.9. The van der Waals surface area contributed by atoms with Crippen LogP contribution in [0.25, 0.3) is 0 Å². The summed E-state index contributed by atoms with van der Waals surface area (Å²) in [6, 6.07) is 5.69. The van der Waals surface area contributed by atoms with Gasteiger partial charge in [0.2, 0.25) is 5.89 Å². The average molecular weight is 329 g/mol. The molecule has 0 spiro atoms. The summed E-state index contributed by atoms with van der Waals surface area (Å²) in [6.07, 6.45) is 6.59. The van der Waals surface area contributed by atoms with Gasteiger partial charge in [-0.15, -0.1) is 0 Å². The molecule has 1 fully saturated rings. The van der Waals surface area contributed by atoms with Crippen LogP contribution in [-0.4, -0.2) is 46.2 Å². The van der Waals surface area contributed by atoms with Crippen LogP contribution in [0.1, 0.15) is 42.6 Å². The van der Waals surface area contributed by atoms with Gasteiger partial charge in [-0.05, 0) is 25.0 Å². The summed E-state index contributed by atoms with van der Waals surface area (Å²) < 4.78 is 5.27. The molecule has 2 aromatic heterocycles. The lowest BCUT2D eigenvalue weighted by Crippen LogP contribution is -2.39. The second-order valence-corrected chi connectivity index (χ2v) is 6.15. The maximum atomic E-state index is 12.1. The molecule has 0 bridgehead atoms. The largest absolute Gasteiger partial charge is 0.339 e. The number of nitrogens with one attached hydrogen (secondary N) is 1. The molecule has 0 aromatic carbocycles. The maximum Gasteiger partial charge on any atom is 0.317 e. The Kier molecular flexibility index (Phi) is 5.40. The number of aromatic nitrogens is 3. The van der Waals surface area contributed by atoms with Crippen molar-refractivity contribution in [1.82, 2.24) is 25.3 Å². The van der Waals surface area contributed by atoms with E-state index < -0.39 is 0 Å². The fourth-order valence-corrected chi connectivity index (χ4v) is 2.54. The Balaban J connectivity index is 1.36. The van der Waals surface area contributed by atoms with Crippen LogP contribution in [0.3, 0.4) is 0 Å². The van der Waals surface area contributed by atoms with Gasteiger partial charge in [0.05, 0.1) is 0 Å². The van der Waals surface area contributed by atoms with Crippen molar-refractivity contribution in [2.24, 2.45) is 0 Å². The molecule has 1 saturated carbocycles. The van der Waals surface area contributed by atoms with Gasteiger partial charge in [0.1, 0.15) is 0 Å². The Hall–Kier alpha value is -2.44. The molecule has 7 nitrogen and oxygen atoms in total. The Labute approximate surface area is 141 Å². The van der Waals surface area contributed by atoms with Gasteiger partial charge in [-0.25, -0.2) is 4.79 Å². The topological polar surface area (TPSA) is 84.2 Å². The third-order valence-corrected chi connectivity index (χ3v) is 4.34. The monoisotopic (exact) mass is 329 g/mol. The molecule has 3 rings (SSSR count). The highest BCUT2D eigenvalue weighted by Crippen LogP contribution is 2.35. The van der Waals surface area contributed by atoms with Gasteiger partial charge >= 0.3 is 6.03 Å². The number of nitrogens with zero attached hydrogens (tertiary/aromatic N) is 4. The van der Waals surface area contributed by atoms with Gasteiger partial charge in [-0.2, -0.15) is 4.98 Å². The van der Waals surface area contributed by atoms with Gasteiger partial charge in [0.15, 0.2) is 5.82 Å². The average Bonchev–Trinajstić information content (AvgIpc) is 3.00. The third-order valence-electron chi connectivity index (χ3n) is 4.34. The summed E-state index contributed by atoms with van der Waals surface area (Å²) in [5.41, 5.74) is 0.979. The smallest absolute Gasteiger partial charge is 0.317 e. The van der Waals surface area contributed by atoms with Crippen LogP contribution in [-0.2, 0) is 12.8 Å². The number of urea groups is 1. The molecule has 0 atom stereocenters. The maximum absolute atomic E-state index is 12.1. The minimum absolute atomic E-state index is 0.103. The van der Waals surface area contributed by atoms with Gasteiger partial charge in [0, 0.05) is 50.8 Å². The lowest BCUT2D eigenvalue weighted by molar-refractivity contribution is 0.209. The first-order valence-corrected chi connectivity index (χ1v) is 8.44. The summed E-state index contributed by atoms with van der Waals surface area (Å²) in [5, 5.41) is 6.86. The predicted molar refractivity (Wildman–Crippen MR) is 88.6 cm³/mol. The summed E-state index contributed by atoms with van der Waals surface area (Å²) in [6.45, 7) is 1.12. The van der Waals surface area contributed by atoms with Gasteiger partial charge in [-0.1, -0.05) is 17.6 Å². The molecule has 0 radical (unpaired) electrons. The molecular weight excluding hydrogens is 306 g/mol. The molecule has 0 unspecified atom stereocenters. The van der Waals surface area contributed by atoms with Crippen LogP contribution in [0, 0.1) is 0 Å². The van der Waals surface area contributed by atoms with E-state index in [0.29, 0.717) is 31.3 Å². The van der Waals surface area contributed by atoms with Crippen LogP contribution in [0.15, 0.2) is 28.9 Å². The van der Waals surface area contributed by atoms with E-state index in [9.17, 15) is 4.79 Å². The predicted octanol–water partition coefficient (Wildman–Crippen LogP) is 2.16. The SMILES string of the molecule is CN(CCc1ccccn1)C(=O)NCCc1noc(C2CCC2)n1. The third kappa shape index (κ3) is 4.31. The fourth-order valence-electron chi connectivity index (χ4n) is 2.54. The number of rotatable bonds is 7. The van der Waals surface area contributed by atoms with E-state index in [1.54, 1.807) is 18.1 Å². The van der Waals surface area contributed by atoms with Crippen molar-refractivity contribution in [3.05, 3.63) is 41.8 Å². The molecule has 1 N–H and O–H groups in total. The van der Waals surface area contributed by atoms with E-state index in [2.05, 4.69) is 20.4 Å². The molecule has 7 heteroatoms. The van der Waals surface area contributed by atoms with Gasteiger partial charge in [0.25, 0.3) is 0 Å². The Morgan fingerprint density at radius 2 is 2.25 bits per heavy atom. The first-order valence-electron chi connectivity index (χ1n) is 8.44. The molecule has 24 heavy (non-hydrogen) atoms. The Morgan fingerprint density at radius 3 is 2.96 bits per heavy atom. The Bertz CT molecular complexity index is 654. The molecular formula is C17H23N5O2. The zero-order chi connectivity index (χ0) is 16.8. The second kappa shape index (κ2) is 7.90. The fraction of sp³-hybridized carbons (Fsp3) is 0.529. The van der Waals surface area contributed by atoms with Crippen molar-refractivity contribution in [3.8, 4) is 0 Å². The van der Waals surface area contributed by atoms with Crippen molar-refractivity contribution >= 4 is 6.03 Å². The highest BCUT2D eigenvalue weighted by molar-refractivity contribution is 5.73. The lowest BCUT2D eigenvalue weighted by atomic mass is 9.85. The zero-order valence-corrected chi connectivity index (χ0v) is 13.9. The number of hydrogen-bond donors (Lipinski definition) is 1. The van der Waals surface area contributed by atoms with E-state index in [1.807, 2.05) is 18.2 Å². The summed E-state index contributed by atoms with van der Waals surface area (Å²) in [5.74, 6) is 1.85. The number of amides is 2. The first kappa shape index (κ1) is 16.4. The van der Waals surface area contributed by atoms with E-state index >= 15 is 0 Å². The van der Waals surface area contributed by atoms with Crippen LogP contribution in [0.4, 0.5) is 4.79 Å². The van der Waals surface area contributed by atoms with E-state index in [0.717, 1.165) is 30.8 Å². The number of carbonyl (C=O) groups excluding carboxylic acids is 1. The van der Waals surface area contributed by atoms with Crippen LogP contribution in [0.5, 0.6) is 0 Å². The van der Waals surface area contributed by atoms with Crippen LogP contribution in [0.2, 0.25) is 0 Å². The number of pyridine rings is 1. The van der Waals surface area contributed by atoms with Crippen molar-refractivity contribution in [2.75, 3.05) is 20.1 Å². The lowest BCUT2D eigenvalue weighted by Gasteiger charge is -2.20. The number of likely N-dealkylation sites (N-methyl/N-ethyl adjacent to an activating group) is 1. The number of hydrogen-bond acceptors (Lipinski definition) is 5. The standard InChI is InChI=1S/C17H23N5O2/c1-22(12-9-14-7-2-3-10-18-14)17(23)19-11-8-15-20-16(24-21-15)13-5-4-6-13/h2-3,7,10,13H,4-6,8-9,11-12H2,1H3,(H,19,23). The molecule has 2 heterocycles. The Morgan fingerprint density at radius 1 is 1.38 bits per heavy atom. The van der Waals surface area contributed by atoms with E-state index in [1.165, 1.54) is 6.42 Å². The minimum Gasteiger partial charge on any atom is -0.339 e. The summed E-state index contributed by atoms with van der Waals surface area (Å²) in [7, 11) is 1.78. The van der Waals surface area contributed by atoms with Crippen molar-refractivity contribution in [1.29, 1.82) is 0 Å². The van der Waals surface area contributed by atoms with Crippen molar-refractivity contribution < 1.29 is 9.32 Å². The second-order valence-electron chi connectivity index (χ2n) is 6.15. The highest BCUT2D eigenvalue weighted by Gasteiger charge is 2.25. The molecule has 1 aliphatic carbocycles. The molecule has 2 amide bonds. The summed E-state index contributed by atoms with van der Waals surface area (Å²) in [4.78, 5) is 22.4. The molecule has 128 valence electrons. The highest BCUT2D eigenvalue weighted by atomic mass is 16.5. The van der Waals surface area contributed by atoms with E-state index in [4.69, 9.17) is 4.52 Å². The van der Waals surface area contributed by atoms with Crippen LogP contribution < -0.4 is 5.32 Å². The van der Waals surface area contributed by atoms with Gasteiger partial charge in [-0.3, -0.25) is 4.98 Å². The molecule has 2 aromatic rings. The van der Waals surface area contributed by atoms with Crippen molar-refractivity contribution in [2.45, 2.75) is 38.0 Å². The molecule has 0 saturated heterocycles. The first-order chi connectivity index (χ1) is 11.7. The quantitative estimate of drug-likeness (QED) is 0.841. The normalized spacial score (nSPS) is 14.2. The van der Waals surface area contributed by atoms with E-state index in [-0.39, 0.29) is 6.03 Å². The van der Waals surface area contributed by atoms with Crippen molar-refractivity contribution in [3.63, 3.8) is 0 Å². The van der Waals surface area contributed by atoms with Crippen LogP contribution >= 0.6 is 0 Å². The molecule has 1 aliphatic rings. The number of carbonyl (C=O) groups is 1. The minimum atomic E-state index is -0.103. The summed E-state index contributed by atoms with van der Waals surface area (Å²) >= 11 is 0. The van der Waals surface area contributed by atoms with Gasteiger partial charge < -0.3 is 14.7 Å². The molecule has 0 aliphatic heterocycles.